The second kappa shape index (κ2) is 11.0. The van der Waals surface area contributed by atoms with Gasteiger partial charge >= 0.3 is 12.5 Å². The van der Waals surface area contributed by atoms with Crippen molar-refractivity contribution >= 4 is 50.6 Å². The topological polar surface area (TPSA) is 83.1 Å². The highest BCUT2D eigenvalue weighted by molar-refractivity contribution is 9.11. The summed E-state index contributed by atoms with van der Waals surface area (Å²) in [5.74, 6) is -1.06. The molecule has 0 spiro atoms. The predicted octanol–water partition coefficient (Wildman–Crippen LogP) is 5.06. The molecule has 1 aliphatic rings. The molecule has 0 aliphatic carbocycles. The Balaban J connectivity index is 1.73. The van der Waals surface area contributed by atoms with E-state index in [4.69, 9.17) is 4.74 Å². The molecular weight excluding hydrogens is 553 g/mol. The lowest BCUT2D eigenvalue weighted by Crippen LogP contribution is -2.53. The molecule has 0 radical (unpaired) electrons. The van der Waals surface area contributed by atoms with E-state index in [1.54, 1.807) is 12.1 Å². The van der Waals surface area contributed by atoms with E-state index in [1.807, 2.05) is 11.9 Å². The van der Waals surface area contributed by atoms with Gasteiger partial charge in [-0.05, 0) is 74.1 Å². The van der Waals surface area contributed by atoms with E-state index >= 15 is 0 Å². The number of nitrogens with one attached hydrogen (secondary N) is 2. The van der Waals surface area contributed by atoms with Gasteiger partial charge in [0.1, 0.15) is 5.54 Å². The zero-order chi connectivity index (χ0) is 25.8. The van der Waals surface area contributed by atoms with Gasteiger partial charge in [0.05, 0.1) is 9.47 Å². The Hall–Kier alpha value is -2.51. The number of nitrogens with zero attached hydrogens (tertiary/aromatic N) is 2. The lowest BCUT2D eigenvalue weighted by Gasteiger charge is -2.27. The summed E-state index contributed by atoms with van der Waals surface area (Å²) < 4.78 is 49.6. The normalized spacial score (nSPS) is 15.3. The molecule has 0 unspecified atom stereocenters. The summed E-state index contributed by atoms with van der Waals surface area (Å²) >= 11 is 4.46. The van der Waals surface area contributed by atoms with Crippen LogP contribution in [-0.2, 0) is 4.79 Å². The summed E-state index contributed by atoms with van der Waals surface area (Å²) in [6.07, 6.45) is -4.96. The molecule has 1 aromatic carbocycles. The second-order valence-corrected chi connectivity index (χ2v) is 11.0. The van der Waals surface area contributed by atoms with Crippen molar-refractivity contribution in [3.8, 4) is 10.8 Å². The number of ether oxygens (including phenoxy) is 2. The van der Waals surface area contributed by atoms with E-state index in [1.165, 1.54) is 37.3 Å². The first-order valence-electron chi connectivity index (χ1n) is 10.7. The van der Waals surface area contributed by atoms with Crippen LogP contribution in [0.3, 0.4) is 0 Å². The predicted molar refractivity (Wildman–Crippen MR) is 131 cm³/mol. The van der Waals surface area contributed by atoms with E-state index in [2.05, 4.69) is 36.2 Å². The molecule has 1 aliphatic heterocycles. The number of alkyl halides is 3. The summed E-state index contributed by atoms with van der Waals surface area (Å²) in [6.45, 7) is 5.55. The van der Waals surface area contributed by atoms with Crippen LogP contribution in [0.25, 0.3) is 0 Å². The third-order valence-electron chi connectivity index (χ3n) is 5.23. The first-order chi connectivity index (χ1) is 16.3. The Morgan fingerprint density at radius 2 is 1.83 bits per heavy atom. The summed E-state index contributed by atoms with van der Waals surface area (Å²) in [4.78, 5) is 29.0. The molecule has 3 rings (SSSR count). The fourth-order valence-electron chi connectivity index (χ4n) is 3.42. The molecule has 192 valence electrons. The summed E-state index contributed by atoms with van der Waals surface area (Å²) in [5, 5.41) is 5.33. The largest absolute Gasteiger partial charge is 0.573 e. The van der Waals surface area contributed by atoms with Crippen molar-refractivity contribution in [3.05, 3.63) is 34.1 Å². The van der Waals surface area contributed by atoms with Crippen LogP contribution in [0.5, 0.6) is 10.8 Å². The average molecular weight is 579 g/mol. The van der Waals surface area contributed by atoms with Crippen LogP contribution >= 0.6 is 27.3 Å². The van der Waals surface area contributed by atoms with Crippen molar-refractivity contribution in [2.45, 2.75) is 32.2 Å². The monoisotopic (exact) mass is 578 g/mol. The number of anilines is 2. The molecule has 2 heterocycles. The van der Waals surface area contributed by atoms with E-state index in [0.717, 1.165) is 22.8 Å². The van der Waals surface area contributed by atoms with Crippen molar-refractivity contribution in [1.82, 2.24) is 10.2 Å². The quantitative estimate of drug-likeness (QED) is 0.498. The third-order valence-corrected chi connectivity index (χ3v) is 6.73. The van der Waals surface area contributed by atoms with Gasteiger partial charge in [0.2, 0.25) is 5.91 Å². The van der Waals surface area contributed by atoms with Gasteiger partial charge in [-0.25, -0.2) is 4.79 Å². The Morgan fingerprint density at radius 1 is 1.09 bits per heavy atom. The minimum atomic E-state index is -4.90. The molecular formula is C22H26BrF3N4O4S. The Bertz CT molecular complexity index is 1060. The SMILES string of the molecule is CN1CCCN(c2ccc(NC(=O)C(C)(C)NC(=O)Oc3ccc(Br)s3)cc2OC(F)(F)F)CC1. The lowest BCUT2D eigenvalue weighted by atomic mass is 10.0. The number of hydrogen-bond acceptors (Lipinski definition) is 7. The zero-order valence-electron chi connectivity index (χ0n) is 19.4. The Kier molecular flexibility index (Phi) is 8.54. The average Bonchev–Trinajstić information content (AvgIpc) is 3.00. The van der Waals surface area contributed by atoms with Gasteiger partial charge in [-0.1, -0.05) is 11.3 Å². The number of halogens is 4. The first-order valence-corrected chi connectivity index (χ1v) is 12.3. The first kappa shape index (κ1) is 27.1. The fourth-order valence-corrected chi connectivity index (χ4v) is 4.61. The minimum absolute atomic E-state index is 0.0929. The van der Waals surface area contributed by atoms with Gasteiger partial charge in [0.25, 0.3) is 0 Å². The molecule has 1 aromatic heterocycles. The smallest absolute Gasteiger partial charge is 0.403 e. The minimum Gasteiger partial charge on any atom is -0.403 e. The number of carbonyl (C=O) groups is 2. The van der Waals surface area contributed by atoms with Crippen LogP contribution in [0.1, 0.15) is 20.3 Å². The molecule has 2 N–H and O–H groups in total. The van der Waals surface area contributed by atoms with Gasteiger partial charge in [-0.3, -0.25) is 4.79 Å². The van der Waals surface area contributed by atoms with Gasteiger partial charge < -0.3 is 29.9 Å². The maximum absolute atomic E-state index is 13.1. The van der Waals surface area contributed by atoms with Crippen LogP contribution in [0.4, 0.5) is 29.3 Å². The standard InChI is InChI=1S/C22H26BrF3N4O4S/c1-21(2,28-20(32)33-18-8-7-17(23)35-18)19(31)27-14-5-6-15(16(13-14)34-22(24,25)26)30-10-4-9-29(3)11-12-30/h5-8,13H,4,9-12H2,1-3H3,(H,27,31)(H,28,32). The molecule has 0 atom stereocenters. The van der Waals surface area contributed by atoms with Crippen LogP contribution < -0.4 is 25.0 Å². The summed E-state index contributed by atoms with van der Waals surface area (Å²) in [7, 11) is 1.96. The molecule has 8 nitrogen and oxygen atoms in total. The van der Waals surface area contributed by atoms with Crippen molar-refractivity contribution in [2.75, 3.05) is 43.4 Å². The van der Waals surface area contributed by atoms with Crippen LogP contribution in [0, 0.1) is 0 Å². The fraction of sp³-hybridized carbons (Fsp3) is 0.455. The number of hydrogen-bond donors (Lipinski definition) is 2. The second-order valence-electron chi connectivity index (χ2n) is 8.53. The van der Waals surface area contributed by atoms with Crippen molar-refractivity contribution in [2.24, 2.45) is 0 Å². The maximum Gasteiger partial charge on any atom is 0.573 e. The molecule has 2 amide bonds. The van der Waals surface area contributed by atoms with E-state index in [9.17, 15) is 22.8 Å². The van der Waals surface area contributed by atoms with Gasteiger partial charge in [-0.2, -0.15) is 0 Å². The zero-order valence-corrected chi connectivity index (χ0v) is 21.8. The molecule has 35 heavy (non-hydrogen) atoms. The Morgan fingerprint density at radius 3 is 2.49 bits per heavy atom. The number of benzene rings is 1. The molecule has 2 aromatic rings. The van der Waals surface area contributed by atoms with Gasteiger partial charge in [0.15, 0.2) is 10.8 Å². The summed E-state index contributed by atoms with van der Waals surface area (Å²) in [6, 6.07) is 7.42. The molecule has 0 saturated carbocycles. The number of thiophene rings is 1. The highest BCUT2D eigenvalue weighted by Crippen LogP contribution is 2.36. The molecule has 13 heteroatoms. The lowest BCUT2D eigenvalue weighted by molar-refractivity contribution is -0.274. The number of rotatable bonds is 6. The van der Waals surface area contributed by atoms with Crippen molar-refractivity contribution < 1.29 is 32.2 Å². The van der Waals surface area contributed by atoms with Crippen LogP contribution in [0.15, 0.2) is 34.1 Å². The summed E-state index contributed by atoms with van der Waals surface area (Å²) in [5.41, 5.74) is -1.04. The Labute approximate surface area is 213 Å². The van der Waals surface area contributed by atoms with E-state index in [-0.39, 0.29) is 5.69 Å². The molecule has 0 bridgehead atoms. The third kappa shape index (κ3) is 8.00. The highest BCUT2D eigenvalue weighted by atomic mass is 79.9. The molecule has 1 saturated heterocycles. The number of carbonyl (C=O) groups excluding carboxylic acids is 2. The van der Waals surface area contributed by atoms with E-state index < -0.39 is 29.7 Å². The van der Waals surface area contributed by atoms with Gasteiger partial charge in [-0.15, -0.1) is 13.2 Å². The maximum atomic E-state index is 13.1. The van der Waals surface area contributed by atoms with Crippen LogP contribution in [-0.4, -0.2) is 62.0 Å². The van der Waals surface area contributed by atoms with Crippen molar-refractivity contribution in [3.63, 3.8) is 0 Å². The van der Waals surface area contributed by atoms with E-state index in [0.29, 0.717) is 30.4 Å². The molecule has 1 fully saturated rings. The highest BCUT2D eigenvalue weighted by Gasteiger charge is 2.34. The number of amides is 2. The van der Waals surface area contributed by atoms with Crippen LogP contribution in [0.2, 0.25) is 0 Å². The van der Waals surface area contributed by atoms with Crippen molar-refractivity contribution in [1.29, 1.82) is 0 Å². The number of likely N-dealkylation sites (N-methyl/N-ethyl adjacent to an activating group) is 1. The van der Waals surface area contributed by atoms with Gasteiger partial charge in [0, 0.05) is 31.4 Å².